The number of halogens is 4. The molecule has 0 atom stereocenters. The maximum absolute atomic E-state index is 13.7. The number of hydrogen-bond acceptors (Lipinski definition) is 9. The molecule has 0 N–H and O–H groups in total. The lowest BCUT2D eigenvalue weighted by atomic mass is 10.1. The highest BCUT2D eigenvalue weighted by Crippen LogP contribution is 2.45. The standard InChI is InChI=1S/C30H17Cl4N3O9S/c1-15-2-12-20(13-3-15)47(44,45)46-19-10-6-16(7-11-19)21(38)14-35(28(39)17-4-8-18(9-5-17)37(42)43)36-29(40)22-23(30(36)41)25(32)27(34)26(33)24(22)31/h2-13H,14H2,1H3. The van der Waals surface area contributed by atoms with Crippen LogP contribution in [-0.2, 0) is 10.1 Å². The van der Waals surface area contributed by atoms with Crippen LogP contribution in [0.4, 0.5) is 5.69 Å². The van der Waals surface area contributed by atoms with E-state index in [9.17, 15) is 37.7 Å². The molecule has 4 aromatic carbocycles. The zero-order chi connectivity index (χ0) is 34.4. The Morgan fingerprint density at radius 2 is 1.28 bits per heavy atom. The number of non-ortho nitro benzene ring substituents is 1. The smallest absolute Gasteiger partial charge is 0.339 e. The number of fused-ring (bicyclic) bond motifs is 1. The lowest BCUT2D eigenvalue weighted by Crippen LogP contribution is -2.51. The van der Waals surface area contributed by atoms with E-state index in [1.807, 2.05) is 0 Å². The molecule has 0 unspecified atom stereocenters. The number of nitrogens with zero attached hydrogens (tertiary/aromatic N) is 3. The number of Topliss-reactive ketones (excluding diaryl/α,β-unsaturated/α-hetero) is 1. The minimum atomic E-state index is -4.20. The van der Waals surface area contributed by atoms with Crippen molar-refractivity contribution in [3.05, 3.63) is 131 Å². The van der Waals surface area contributed by atoms with Crippen molar-refractivity contribution >= 4 is 85.7 Å². The van der Waals surface area contributed by atoms with Crippen LogP contribution in [0.2, 0.25) is 20.1 Å². The fourth-order valence-electron chi connectivity index (χ4n) is 4.47. The van der Waals surface area contributed by atoms with Crippen LogP contribution in [0.15, 0.2) is 77.7 Å². The highest BCUT2D eigenvalue weighted by Gasteiger charge is 2.46. The summed E-state index contributed by atoms with van der Waals surface area (Å²) in [7, 11) is -4.20. The van der Waals surface area contributed by atoms with E-state index in [0.29, 0.717) is 10.0 Å². The van der Waals surface area contributed by atoms with Crippen molar-refractivity contribution < 1.29 is 36.7 Å². The van der Waals surface area contributed by atoms with Crippen molar-refractivity contribution in [2.24, 2.45) is 0 Å². The van der Waals surface area contributed by atoms with Gasteiger partial charge in [0.2, 0.25) is 0 Å². The van der Waals surface area contributed by atoms with E-state index in [4.69, 9.17) is 50.6 Å². The van der Waals surface area contributed by atoms with Gasteiger partial charge in [-0.25, -0.2) is 5.01 Å². The van der Waals surface area contributed by atoms with Crippen molar-refractivity contribution in [2.75, 3.05) is 6.54 Å². The first-order valence-electron chi connectivity index (χ1n) is 13.1. The van der Waals surface area contributed by atoms with Crippen molar-refractivity contribution in [3.8, 4) is 5.75 Å². The maximum atomic E-state index is 13.7. The van der Waals surface area contributed by atoms with E-state index < -0.39 is 66.3 Å². The molecule has 4 aromatic rings. The number of ketones is 1. The summed E-state index contributed by atoms with van der Waals surface area (Å²) in [5.41, 5.74) is -0.710. The number of carbonyl (C=O) groups excluding carboxylic acids is 4. The predicted octanol–water partition coefficient (Wildman–Crippen LogP) is 6.82. The number of amides is 3. The van der Waals surface area contributed by atoms with E-state index in [1.54, 1.807) is 19.1 Å². The molecule has 0 aromatic heterocycles. The van der Waals surface area contributed by atoms with Crippen LogP contribution >= 0.6 is 46.4 Å². The average Bonchev–Trinajstić information content (AvgIpc) is 3.30. The number of nitro groups is 1. The lowest BCUT2D eigenvalue weighted by Gasteiger charge is -2.29. The minimum absolute atomic E-state index is 0.0645. The number of carbonyl (C=O) groups is 4. The number of hydrazine groups is 1. The van der Waals surface area contributed by atoms with Gasteiger partial charge in [-0.15, -0.1) is 0 Å². The highest BCUT2D eigenvalue weighted by molar-refractivity contribution is 7.87. The van der Waals surface area contributed by atoms with Crippen molar-refractivity contribution in [3.63, 3.8) is 0 Å². The van der Waals surface area contributed by atoms with Crippen LogP contribution in [0.1, 0.15) is 47.0 Å². The molecule has 3 amide bonds. The summed E-state index contributed by atoms with van der Waals surface area (Å²) in [5.74, 6) is -4.30. The van der Waals surface area contributed by atoms with E-state index >= 15 is 0 Å². The number of hydrogen-bond donors (Lipinski definition) is 0. The van der Waals surface area contributed by atoms with Crippen LogP contribution in [0.5, 0.6) is 5.75 Å². The van der Waals surface area contributed by atoms with Crippen LogP contribution < -0.4 is 4.18 Å². The summed E-state index contributed by atoms with van der Waals surface area (Å²) in [6, 6.07) is 15.0. The number of nitro benzene ring substituents is 1. The Morgan fingerprint density at radius 1 is 0.787 bits per heavy atom. The van der Waals surface area contributed by atoms with Gasteiger partial charge in [-0.2, -0.15) is 13.4 Å². The normalized spacial score (nSPS) is 12.6. The van der Waals surface area contributed by atoms with Crippen LogP contribution in [0, 0.1) is 17.0 Å². The Hall–Kier alpha value is -4.53. The molecular weight excluding hydrogens is 720 g/mol. The number of benzene rings is 4. The molecule has 1 aliphatic heterocycles. The molecule has 12 nitrogen and oxygen atoms in total. The Balaban J connectivity index is 1.47. The van der Waals surface area contributed by atoms with Gasteiger partial charge in [0, 0.05) is 23.3 Å². The predicted molar refractivity (Wildman–Crippen MR) is 171 cm³/mol. The maximum Gasteiger partial charge on any atom is 0.339 e. The summed E-state index contributed by atoms with van der Waals surface area (Å²) < 4.78 is 30.5. The number of aryl methyl sites for hydroxylation is 1. The average molecular weight is 737 g/mol. The van der Waals surface area contributed by atoms with Crippen LogP contribution in [0.3, 0.4) is 0 Å². The van der Waals surface area contributed by atoms with Gasteiger partial charge in [-0.05, 0) is 55.5 Å². The van der Waals surface area contributed by atoms with Crippen LogP contribution in [0.25, 0.3) is 0 Å². The third-order valence-electron chi connectivity index (χ3n) is 6.87. The summed E-state index contributed by atoms with van der Waals surface area (Å²) in [6.07, 6.45) is 0. The molecule has 47 heavy (non-hydrogen) atoms. The van der Waals surface area contributed by atoms with Gasteiger partial charge < -0.3 is 4.18 Å². The van der Waals surface area contributed by atoms with E-state index in [1.165, 1.54) is 36.4 Å². The number of rotatable bonds is 9. The fourth-order valence-corrected chi connectivity index (χ4v) is 6.41. The van der Waals surface area contributed by atoms with Crippen molar-refractivity contribution in [1.82, 2.24) is 10.0 Å². The first-order valence-corrected chi connectivity index (χ1v) is 16.0. The van der Waals surface area contributed by atoms with Gasteiger partial charge in [0.1, 0.15) is 17.2 Å². The van der Waals surface area contributed by atoms with E-state index in [-0.39, 0.29) is 37.5 Å². The van der Waals surface area contributed by atoms with Gasteiger partial charge in [0.05, 0.1) is 36.1 Å². The molecule has 0 fully saturated rings. The topological polar surface area (TPSA) is 161 Å². The highest BCUT2D eigenvalue weighted by atomic mass is 35.5. The molecule has 0 spiro atoms. The number of imide groups is 1. The Labute approximate surface area is 286 Å². The second-order valence-electron chi connectivity index (χ2n) is 9.89. The van der Waals surface area contributed by atoms with Gasteiger partial charge in [0.15, 0.2) is 5.78 Å². The molecule has 0 saturated heterocycles. The second-order valence-corrected chi connectivity index (χ2v) is 13.0. The van der Waals surface area contributed by atoms with Crippen LogP contribution in [-0.4, -0.2) is 53.4 Å². The van der Waals surface area contributed by atoms with Gasteiger partial charge in [-0.3, -0.25) is 29.3 Å². The molecule has 1 aliphatic rings. The Kier molecular flexibility index (Phi) is 9.31. The lowest BCUT2D eigenvalue weighted by molar-refractivity contribution is -0.384. The molecule has 0 bridgehead atoms. The molecule has 240 valence electrons. The zero-order valence-corrected chi connectivity index (χ0v) is 27.4. The fraction of sp³-hybridized carbons (Fsp3) is 0.0667. The van der Waals surface area contributed by atoms with Gasteiger partial charge >= 0.3 is 10.1 Å². The Morgan fingerprint density at radius 3 is 1.77 bits per heavy atom. The molecule has 0 saturated carbocycles. The molecule has 1 heterocycles. The minimum Gasteiger partial charge on any atom is -0.379 e. The summed E-state index contributed by atoms with van der Waals surface area (Å²) in [6.45, 7) is 0.872. The summed E-state index contributed by atoms with van der Waals surface area (Å²) in [4.78, 5) is 64.7. The molecule has 0 aliphatic carbocycles. The molecule has 5 rings (SSSR count). The summed E-state index contributed by atoms with van der Waals surface area (Å²) >= 11 is 24.7. The summed E-state index contributed by atoms with van der Waals surface area (Å²) in [5, 5.41) is 10.5. The SMILES string of the molecule is Cc1ccc(S(=O)(=O)Oc2ccc(C(=O)CN(C(=O)c3ccc([N+](=O)[O-])cc3)N3C(=O)c4c(Cl)c(Cl)c(Cl)c(Cl)c4C3=O)cc2)cc1. The first-order chi connectivity index (χ1) is 22.1. The Bertz CT molecular complexity index is 2060. The third-order valence-corrected chi connectivity index (χ3v) is 9.93. The first kappa shape index (κ1) is 33.8. The largest absolute Gasteiger partial charge is 0.379 e. The van der Waals surface area contributed by atoms with E-state index in [2.05, 4.69) is 0 Å². The third kappa shape index (κ3) is 6.40. The quantitative estimate of drug-likeness (QED) is 0.0341. The van der Waals surface area contributed by atoms with Gasteiger partial charge in [0.25, 0.3) is 23.4 Å². The molecule has 17 heteroatoms. The molecular formula is C30H17Cl4N3O9S. The molecule has 0 radical (unpaired) electrons. The second kappa shape index (κ2) is 12.9. The van der Waals surface area contributed by atoms with E-state index in [0.717, 1.165) is 29.8 Å². The van der Waals surface area contributed by atoms with Crippen molar-refractivity contribution in [2.45, 2.75) is 11.8 Å². The van der Waals surface area contributed by atoms with Crippen molar-refractivity contribution in [1.29, 1.82) is 0 Å². The zero-order valence-electron chi connectivity index (χ0n) is 23.6. The van der Waals surface area contributed by atoms with Gasteiger partial charge in [-0.1, -0.05) is 64.1 Å². The monoisotopic (exact) mass is 735 g/mol.